The van der Waals surface area contributed by atoms with E-state index in [1.54, 1.807) is 0 Å². The number of ether oxygens (including phenoxy) is 1. The summed E-state index contributed by atoms with van der Waals surface area (Å²) in [4.78, 5) is 0. The van der Waals surface area contributed by atoms with Crippen LogP contribution in [-0.4, -0.2) is 30.5 Å². The Morgan fingerprint density at radius 2 is 2.00 bits per heavy atom. The van der Waals surface area contributed by atoms with Crippen molar-refractivity contribution in [2.24, 2.45) is 5.73 Å². The first-order valence-corrected chi connectivity index (χ1v) is 5.69. The first kappa shape index (κ1) is 13.2. The van der Waals surface area contributed by atoms with Gasteiger partial charge in [0.25, 0.3) is 0 Å². The van der Waals surface area contributed by atoms with Crippen LogP contribution in [-0.2, 0) is 11.2 Å². The van der Waals surface area contributed by atoms with Crippen molar-refractivity contribution >= 4 is 0 Å². The molecular formula is C13H21NO2. The lowest BCUT2D eigenvalue weighted by Gasteiger charge is -2.28. The molecule has 0 spiro atoms. The number of rotatable bonds is 7. The van der Waals surface area contributed by atoms with Crippen LogP contribution in [0.3, 0.4) is 0 Å². The normalized spacial score (nSPS) is 14.7. The topological polar surface area (TPSA) is 55.5 Å². The van der Waals surface area contributed by atoms with Crippen molar-refractivity contribution in [3.63, 3.8) is 0 Å². The molecule has 90 valence electrons. The molecule has 0 saturated heterocycles. The number of aliphatic hydroxyl groups excluding tert-OH is 1. The maximum atomic E-state index is 8.71. The van der Waals surface area contributed by atoms with Crippen LogP contribution in [0.2, 0.25) is 0 Å². The zero-order chi connectivity index (χ0) is 11.9. The van der Waals surface area contributed by atoms with Crippen LogP contribution in [0.15, 0.2) is 30.3 Å². The summed E-state index contributed by atoms with van der Waals surface area (Å²) < 4.78 is 5.74. The van der Waals surface area contributed by atoms with E-state index in [-0.39, 0.29) is 12.2 Å². The third-order valence-corrected chi connectivity index (χ3v) is 2.61. The van der Waals surface area contributed by atoms with Crippen molar-refractivity contribution in [1.29, 1.82) is 0 Å². The van der Waals surface area contributed by atoms with Gasteiger partial charge >= 0.3 is 0 Å². The van der Waals surface area contributed by atoms with Gasteiger partial charge in [-0.2, -0.15) is 0 Å². The Kier molecular flexibility index (Phi) is 5.46. The SMILES string of the molecule is CC(CN)(Cc1ccccc1)OCCCO. The van der Waals surface area contributed by atoms with Gasteiger partial charge in [-0.25, -0.2) is 0 Å². The van der Waals surface area contributed by atoms with Gasteiger partial charge in [0.1, 0.15) is 0 Å². The molecule has 1 aromatic carbocycles. The van der Waals surface area contributed by atoms with E-state index in [9.17, 15) is 0 Å². The highest BCUT2D eigenvalue weighted by atomic mass is 16.5. The molecule has 0 aliphatic rings. The standard InChI is InChI=1S/C13H21NO2/c1-13(11-14,16-9-5-8-15)10-12-6-3-2-4-7-12/h2-4,6-7,15H,5,8-11,14H2,1H3. The van der Waals surface area contributed by atoms with Gasteiger partial charge in [-0.15, -0.1) is 0 Å². The third kappa shape index (κ3) is 4.31. The molecule has 16 heavy (non-hydrogen) atoms. The van der Waals surface area contributed by atoms with E-state index in [2.05, 4.69) is 12.1 Å². The largest absolute Gasteiger partial charge is 0.396 e. The summed E-state index contributed by atoms with van der Waals surface area (Å²) in [5, 5.41) is 8.71. The van der Waals surface area contributed by atoms with Gasteiger partial charge < -0.3 is 15.6 Å². The summed E-state index contributed by atoms with van der Waals surface area (Å²) in [5.74, 6) is 0. The number of nitrogens with two attached hydrogens (primary N) is 1. The first-order valence-electron chi connectivity index (χ1n) is 5.69. The molecule has 3 nitrogen and oxygen atoms in total. The average Bonchev–Trinajstić information content (AvgIpc) is 2.31. The monoisotopic (exact) mass is 223 g/mol. The second-order valence-electron chi connectivity index (χ2n) is 4.24. The Bertz CT molecular complexity index is 289. The zero-order valence-corrected chi connectivity index (χ0v) is 9.86. The molecule has 1 atom stereocenters. The second kappa shape index (κ2) is 6.63. The minimum Gasteiger partial charge on any atom is -0.396 e. The Labute approximate surface area is 97.2 Å². The number of aliphatic hydroxyl groups is 1. The molecule has 3 heteroatoms. The van der Waals surface area contributed by atoms with Gasteiger partial charge in [-0.1, -0.05) is 30.3 Å². The molecule has 0 saturated carbocycles. The van der Waals surface area contributed by atoms with E-state index in [0.717, 1.165) is 6.42 Å². The highest BCUT2D eigenvalue weighted by molar-refractivity contribution is 5.17. The van der Waals surface area contributed by atoms with Crippen LogP contribution >= 0.6 is 0 Å². The highest BCUT2D eigenvalue weighted by Crippen LogP contribution is 2.16. The van der Waals surface area contributed by atoms with Crippen molar-refractivity contribution in [2.45, 2.75) is 25.4 Å². The third-order valence-electron chi connectivity index (χ3n) is 2.61. The van der Waals surface area contributed by atoms with Crippen LogP contribution in [0, 0.1) is 0 Å². The molecule has 1 unspecified atom stereocenters. The highest BCUT2D eigenvalue weighted by Gasteiger charge is 2.23. The Balaban J connectivity index is 2.52. The zero-order valence-electron chi connectivity index (χ0n) is 9.86. The fourth-order valence-corrected chi connectivity index (χ4v) is 1.59. The summed E-state index contributed by atoms with van der Waals surface area (Å²) in [5.41, 5.74) is 6.63. The predicted octanol–water partition coefficient (Wildman–Crippen LogP) is 1.35. The molecular weight excluding hydrogens is 202 g/mol. The molecule has 0 heterocycles. The molecule has 0 aliphatic carbocycles. The number of hydrogen-bond acceptors (Lipinski definition) is 3. The Morgan fingerprint density at radius 1 is 1.31 bits per heavy atom. The van der Waals surface area contributed by atoms with Gasteiger partial charge in [0, 0.05) is 26.2 Å². The molecule has 0 radical (unpaired) electrons. The smallest absolute Gasteiger partial charge is 0.0816 e. The van der Waals surface area contributed by atoms with Crippen molar-refractivity contribution < 1.29 is 9.84 Å². The lowest BCUT2D eigenvalue weighted by atomic mass is 9.96. The fraction of sp³-hybridized carbons (Fsp3) is 0.538. The molecule has 0 aromatic heterocycles. The van der Waals surface area contributed by atoms with Crippen LogP contribution in [0.25, 0.3) is 0 Å². The van der Waals surface area contributed by atoms with Crippen LogP contribution < -0.4 is 5.73 Å². The van der Waals surface area contributed by atoms with E-state index in [0.29, 0.717) is 19.6 Å². The predicted molar refractivity (Wildman–Crippen MR) is 65.3 cm³/mol. The molecule has 0 aliphatic heterocycles. The fourth-order valence-electron chi connectivity index (χ4n) is 1.59. The molecule has 0 amide bonds. The summed E-state index contributed by atoms with van der Waals surface area (Å²) >= 11 is 0. The van der Waals surface area contributed by atoms with Crippen molar-refractivity contribution in [3.8, 4) is 0 Å². The number of hydrogen-bond donors (Lipinski definition) is 2. The quantitative estimate of drug-likeness (QED) is 0.686. The average molecular weight is 223 g/mol. The van der Waals surface area contributed by atoms with Gasteiger partial charge in [0.2, 0.25) is 0 Å². The van der Waals surface area contributed by atoms with Gasteiger partial charge in [0.05, 0.1) is 5.60 Å². The minimum absolute atomic E-state index is 0.159. The maximum absolute atomic E-state index is 8.71. The van der Waals surface area contributed by atoms with Gasteiger partial charge in [-0.05, 0) is 18.9 Å². The molecule has 0 fully saturated rings. The molecule has 1 aromatic rings. The molecule has 3 N–H and O–H groups in total. The maximum Gasteiger partial charge on any atom is 0.0816 e. The Hall–Kier alpha value is -0.900. The molecule has 1 rings (SSSR count). The lowest BCUT2D eigenvalue weighted by molar-refractivity contribution is -0.0292. The van der Waals surface area contributed by atoms with E-state index < -0.39 is 0 Å². The van der Waals surface area contributed by atoms with Crippen molar-refractivity contribution in [1.82, 2.24) is 0 Å². The van der Waals surface area contributed by atoms with Crippen molar-refractivity contribution in [3.05, 3.63) is 35.9 Å². The van der Waals surface area contributed by atoms with Gasteiger partial charge in [0.15, 0.2) is 0 Å². The van der Waals surface area contributed by atoms with Crippen LogP contribution in [0.1, 0.15) is 18.9 Å². The second-order valence-corrected chi connectivity index (χ2v) is 4.24. The van der Waals surface area contributed by atoms with E-state index in [4.69, 9.17) is 15.6 Å². The minimum atomic E-state index is -0.337. The summed E-state index contributed by atoms with van der Waals surface area (Å²) in [6.45, 7) is 3.20. The summed E-state index contributed by atoms with van der Waals surface area (Å²) in [6.07, 6.45) is 1.46. The first-order chi connectivity index (χ1) is 7.70. The number of benzene rings is 1. The van der Waals surface area contributed by atoms with Crippen molar-refractivity contribution in [2.75, 3.05) is 19.8 Å². The molecule has 0 bridgehead atoms. The lowest BCUT2D eigenvalue weighted by Crippen LogP contribution is -2.40. The van der Waals surface area contributed by atoms with Gasteiger partial charge in [-0.3, -0.25) is 0 Å². The van der Waals surface area contributed by atoms with Crippen LogP contribution in [0.4, 0.5) is 0 Å². The van der Waals surface area contributed by atoms with E-state index >= 15 is 0 Å². The Morgan fingerprint density at radius 3 is 2.56 bits per heavy atom. The summed E-state index contributed by atoms with van der Waals surface area (Å²) in [7, 11) is 0. The van der Waals surface area contributed by atoms with E-state index in [1.807, 2.05) is 25.1 Å². The van der Waals surface area contributed by atoms with E-state index in [1.165, 1.54) is 5.56 Å². The summed E-state index contributed by atoms with van der Waals surface area (Å²) in [6, 6.07) is 10.2. The van der Waals surface area contributed by atoms with Crippen LogP contribution in [0.5, 0.6) is 0 Å².